The van der Waals surface area contributed by atoms with Crippen molar-refractivity contribution in [2.24, 2.45) is 0 Å². The highest BCUT2D eigenvalue weighted by molar-refractivity contribution is 6.03. The van der Waals surface area contributed by atoms with Crippen LogP contribution in [0.4, 0.5) is 5.69 Å². The Kier molecular flexibility index (Phi) is 5.02. The molecule has 0 fully saturated rings. The molecule has 1 heterocycles. The first-order valence-electron chi connectivity index (χ1n) is 6.48. The summed E-state index contributed by atoms with van der Waals surface area (Å²) in [6.07, 6.45) is 4.82. The Morgan fingerprint density at radius 2 is 2.24 bits per heavy atom. The van der Waals surface area contributed by atoms with Gasteiger partial charge in [-0.25, -0.2) is 4.98 Å². The summed E-state index contributed by atoms with van der Waals surface area (Å²) in [6.45, 7) is 1.94. The number of benzene rings is 1. The van der Waals surface area contributed by atoms with Gasteiger partial charge in [0.05, 0.1) is 12.8 Å². The van der Waals surface area contributed by atoms with Crippen molar-refractivity contribution >= 4 is 11.6 Å². The Hall–Kier alpha value is -2.71. The molecule has 0 atom stereocenters. The summed E-state index contributed by atoms with van der Waals surface area (Å²) in [4.78, 5) is 19.9. The molecule has 0 aliphatic rings. The fourth-order valence-electron chi connectivity index (χ4n) is 1.66. The van der Waals surface area contributed by atoms with Crippen LogP contribution in [0.15, 0.2) is 36.8 Å². The van der Waals surface area contributed by atoms with Gasteiger partial charge in [0.15, 0.2) is 0 Å². The van der Waals surface area contributed by atoms with Gasteiger partial charge in [-0.15, -0.1) is 0 Å². The van der Waals surface area contributed by atoms with Crippen molar-refractivity contribution in [2.75, 3.05) is 11.9 Å². The predicted molar refractivity (Wildman–Crippen MR) is 79.7 cm³/mol. The van der Waals surface area contributed by atoms with Crippen LogP contribution in [0.3, 0.4) is 0 Å². The van der Waals surface area contributed by atoms with Crippen LogP contribution in [0.1, 0.15) is 28.0 Å². The molecule has 0 bridgehead atoms. The summed E-state index contributed by atoms with van der Waals surface area (Å²) in [5.41, 5.74) is 2.65. The molecule has 0 unspecified atom stereocenters. The van der Waals surface area contributed by atoms with Crippen molar-refractivity contribution < 1.29 is 9.90 Å². The molecule has 5 nitrogen and oxygen atoms in total. The summed E-state index contributed by atoms with van der Waals surface area (Å²) in [6, 6.07) is 5.56. The molecule has 0 saturated carbocycles. The Bertz CT molecular complexity index is 688. The number of nitrogens with one attached hydrogen (secondary N) is 1. The lowest BCUT2D eigenvalue weighted by Gasteiger charge is -2.08. The van der Waals surface area contributed by atoms with Crippen LogP contribution >= 0.6 is 0 Å². The molecule has 0 aliphatic carbocycles. The molecule has 2 aromatic rings. The quantitative estimate of drug-likeness (QED) is 0.841. The normalized spacial score (nSPS) is 9.62. The van der Waals surface area contributed by atoms with E-state index in [9.17, 15) is 4.79 Å². The maximum absolute atomic E-state index is 12.1. The Labute approximate surface area is 123 Å². The minimum Gasteiger partial charge on any atom is -0.395 e. The number of carbonyl (C=O) groups excluding carboxylic acids is 1. The van der Waals surface area contributed by atoms with Gasteiger partial charge in [0, 0.05) is 30.1 Å². The molecule has 1 amide bonds. The summed E-state index contributed by atoms with van der Waals surface area (Å²) < 4.78 is 0. The second-order valence-electron chi connectivity index (χ2n) is 4.35. The number of aliphatic hydroxyl groups is 1. The van der Waals surface area contributed by atoms with Crippen molar-refractivity contribution in [2.45, 2.75) is 13.3 Å². The average Bonchev–Trinajstić information content (AvgIpc) is 2.51. The van der Waals surface area contributed by atoms with Gasteiger partial charge in [-0.2, -0.15) is 0 Å². The van der Waals surface area contributed by atoms with Crippen LogP contribution in [0.25, 0.3) is 0 Å². The van der Waals surface area contributed by atoms with Gasteiger partial charge in [-0.1, -0.05) is 17.9 Å². The van der Waals surface area contributed by atoms with E-state index >= 15 is 0 Å². The molecule has 2 rings (SSSR count). The first-order chi connectivity index (χ1) is 10.2. The number of aromatic nitrogens is 2. The van der Waals surface area contributed by atoms with E-state index < -0.39 is 0 Å². The van der Waals surface area contributed by atoms with Crippen LogP contribution in [0.5, 0.6) is 0 Å². The molecular formula is C16H15N3O2. The highest BCUT2D eigenvalue weighted by atomic mass is 16.2. The van der Waals surface area contributed by atoms with Gasteiger partial charge >= 0.3 is 0 Å². The van der Waals surface area contributed by atoms with Gasteiger partial charge < -0.3 is 10.4 Å². The van der Waals surface area contributed by atoms with E-state index in [1.165, 1.54) is 18.6 Å². The first kappa shape index (κ1) is 14.7. The third kappa shape index (κ3) is 4.13. The smallest absolute Gasteiger partial charge is 0.275 e. The number of hydrogen-bond acceptors (Lipinski definition) is 4. The fraction of sp³-hybridized carbons (Fsp3) is 0.188. The van der Waals surface area contributed by atoms with E-state index in [1.807, 2.05) is 19.1 Å². The molecule has 0 aliphatic heterocycles. The standard InChI is InChI=1S/C16H15N3O2/c1-12-5-6-13(4-2-3-9-20)10-14(12)19-16(21)15-11-17-7-8-18-15/h5-8,10-11,20H,3,9H2,1H3,(H,19,21). The minimum absolute atomic E-state index is 0.0368. The zero-order valence-corrected chi connectivity index (χ0v) is 11.6. The number of rotatable bonds is 3. The highest BCUT2D eigenvalue weighted by Crippen LogP contribution is 2.17. The molecule has 106 valence electrons. The average molecular weight is 281 g/mol. The maximum atomic E-state index is 12.1. The summed E-state index contributed by atoms with van der Waals surface area (Å²) in [5.74, 6) is 5.47. The second kappa shape index (κ2) is 7.17. The van der Waals surface area contributed by atoms with E-state index in [1.54, 1.807) is 6.07 Å². The van der Waals surface area contributed by atoms with Gasteiger partial charge in [0.2, 0.25) is 0 Å². The van der Waals surface area contributed by atoms with Crippen molar-refractivity contribution in [3.8, 4) is 11.8 Å². The number of aliphatic hydroxyl groups excluding tert-OH is 1. The molecule has 0 radical (unpaired) electrons. The van der Waals surface area contributed by atoms with Gasteiger partial charge in [-0.3, -0.25) is 9.78 Å². The maximum Gasteiger partial charge on any atom is 0.275 e. The number of aryl methyl sites for hydroxylation is 1. The van der Waals surface area contributed by atoms with Gasteiger partial charge in [0.25, 0.3) is 5.91 Å². The van der Waals surface area contributed by atoms with E-state index in [-0.39, 0.29) is 18.2 Å². The molecule has 1 aromatic heterocycles. The van der Waals surface area contributed by atoms with Crippen molar-refractivity contribution in [3.63, 3.8) is 0 Å². The first-order valence-corrected chi connectivity index (χ1v) is 6.48. The van der Waals surface area contributed by atoms with Gasteiger partial charge in [-0.05, 0) is 24.6 Å². The number of amides is 1. The number of nitrogens with zero attached hydrogens (tertiary/aromatic N) is 2. The second-order valence-corrected chi connectivity index (χ2v) is 4.35. The molecule has 5 heteroatoms. The van der Waals surface area contributed by atoms with E-state index in [0.29, 0.717) is 12.1 Å². The van der Waals surface area contributed by atoms with Crippen LogP contribution in [0, 0.1) is 18.8 Å². The van der Waals surface area contributed by atoms with E-state index in [4.69, 9.17) is 5.11 Å². The Morgan fingerprint density at radius 3 is 2.95 bits per heavy atom. The van der Waals surface area contributed by atoms with Crippen LogP contribution < -0.4 is 5.32 Å². The topological polar surface area (TPSA) is 75.1 Å². The molecular weight excluding hydrogens is 266 g/mol. The SMILES string of the molecule is Cc1ccc(C#CCCO)cc1NC(=O)c1cnccn1. The summed E-state index contributed by atoms with van der Waals surface area (Å²) >= 11 is 0. The molecule has 2 N–H and O–H groups in total. The van der Waals surface area contributed by atoms with Crippen LogP contribution in [0.2, 0.25) is 0 Å². The molecule has 0 spiro atoms. The summed E-state index contributed by atoms with van der Waals surface area (Å²) in [7, 11) is 0. The number of carbonyl (C=O) groups is 1. The molecule has 21 heavy (non-hydrogen) atoms. The van der Waals surface area contributed by atoms with Crippen molar-refractivity contribution in [1.82, 2.24) is 9.97 Å². The lowest BCUT2D eigenvalue weighted by molar-refractivity contribution is 0.102. The highest BCUT2D eigenvalue weighted by Gasteiger charge is 2.09. The number of hydrogen-bond donors (Lipinski definition) is 2. The monoisotopic (exact) mass is 281 g/mol. The minimum atomic E-state index is -0.313. The number of anilines is 1. The van der Waals surface area contributed by atoms with E-state index in [0.717, 1.165) is 11.1 Å². The molecule has 0 saturated heterocycles. The van der Waals surface area contributed by atoms with E-state index in [2.05, 4.69) is 27.1 Å². The van der Waals surface area contributed by atoms with Gasteiger partial charge in [0.1, 0.15) is 5.69 Å². The van der Waals surface area contributed by atoms with Crippen LogP contribution in [-0.2, 0) is 0 Å². The zero-order valence-electron chi connectivity index (χ0n) is 11.6. The third-order valence-electron chi connectivity index (χ3n) is 2.75. The zero-order chi connectivity index (χ0) is 15.1. The fourth-order valence-corrected chi connectivity index (χ4v) is 1.66. The molecule has 1 aromatic carbocycles. The Balaban J connectivity index is 2.18. The third-order valence-corrected chi connectivity index (χ3v) is 2.75. The lowest BCUT2D eigenvalue weighted by Crippen LogP contribution is -2.14. The Morgan fingerprint density at radius 1 is 1.38 bits per heavy atom. The van der Waals surface area contributed by atoms with Crippen LogP contribution in [-0.4, -0.2) is 27.6 Å². The summed E-state index contributed by atoms with van der Waals surface area (Å²) in [5, 5.41) is 11.5. The van der Waals surface area contributed by atoms with Crippen molar-refractivity contribution in [3.05, 3.63) is 53.6 Å². The predicted octanol–water partition coefficient (Wildman–Crippen LogP) is 1.77. The largest absolute Gasteiger partial charge is 0.395 e. The van der Waals surface area contributed by atoms with Crippen molar-refractivity contribution in [1.29, 1.82) is 0 Å². The lowest BCUT2D eigenvalue weighted by atomic mass is 10.1.